The molecule has 17 heavy (non-hydrogen) atoms. The zero-order chi connectivity index (χ0) is 11.9. The maximum atomic E-state index is 5.07. The fourth-order valence-corrected chi connectivity index (χ4v) is 2.51. The van der Waals surface area contributed by atoms with Crippen molar-refractivity contribution in [1.82, 2.24) is 5.32 Å². The quantitative estimate of drug-likeness (QED) is 0.790. The van der Waals surface area contributed by atoms with Crippen molar-refractivity contribution in [3.8, 4) is 0 Å². The molecular formula is C15H23NO. The summed E-state index contributed by atoms with van der Waals surface area (Å²) in [5.41, 5.74) is 2.92. The summed E-state index contributed by atoms with van der Waals surface area (Å²) in [5, 5.41) is 3.47. The average molecular weight is 233 g/mol. The topological polar surface area (TPSA) is 21.3 Å². The first-order valence-electron chi connectivity index (χ1n) is 6.68. The second-order valence-corrected chi connectivity index (χ2v) is 4.88. The maximum absolute atomic E-state index is 5.07. The van der Waals surface area contributed by atoms with Gasteiger partial charge in [0.1, 0.15) is 0 Å². The molecule has 0 spiro atoms. The van der Waals surface area contributed by atoms with Crippen LogP contribution < -0.4 is 5.32 Å². The van der Waals surface area contributed by atoms with Crippen molar-refractivity contribution in [2.45, 2.75) is 31.6 Å². The van der Waals surface area contributed by atoms with Crippen LogP contribution in [0.2, 0.25) is 0 Å². The van der Waals surface area contributed by atoms with Crippen molar-refractivity contribution in [3.63, 3.8) is 0 Å². The van der Waals surface area contributed by atoms with Gasteiger partial charge in [0.2, 0.25) is 0 Å². The van der Waals surface area contributed by atoms with E-state index >= 15 is 0 Å². The molecule has 1 heterocycles. The molecule has 94 valence electrons. The van der Waals surface area contributed by atoms with Gasteiger partial charge in [-0.1, -0.05) is 24.3 Å². The Morgan fingerprint density at radius 3 is 2.76 bits per heavy atom. The van der Waals surface area contributed by atoms with Crippen LogP contribution in [0, 0.1) is 0 Å². The summed E-state index contributed by atoms with van der Waals surface area (Å²) in [6.07, 6.45) is 4.87. The van der Waals surface area contributed by atoms with Crippen LogP contribution in [-0.2, 0) is 11.2 Å². The number of rotatable bonds is 5. The highest BCUT2D eigenvalue weighted by molar-refractivity contribution is 5.26. The van der Waals surface area contributed by atoms with Gasteiger partial charge in [-0.05, 0) is 49.3 Å². The minimum Gasteiger partial charge on any atom is -0.385 e. The van der Waals surface area contributed by atoms with E-state index in [9.17, 15) is 0 Å². The monoisotopic (exact) mass is 233 g/mol. The molecule has 1 unspecified atom stereocenters. The molecule has 0 saturated carbocycles. The van der Waals surface area contributed by atoms with Crippen molar-refractivity contribution < 1.29 is 4.74 Å². The Morgan fingerprint density at radius 2 is 2.12 bits per heavy atom. The Hall–Kier alpha value is -0.860. The predicted octanol–water partition coefficient (Wildman–Crippen LogP) is 2.73. The van der Waals surface area contributed by atoms with Gasteiger partial charge in [0.25, 0.3) is 0 Å². The van der Waals surface area contributed by atoms with E-state index in [1.807, 2.05) is 0 Å². The van der Waals surface area contributed by atoms with E-state index in [0.717, 1.165) is 31.9 Å². The summed E-state index contributed by atoms with van der Waals surface area (Å²) in [6.45, 7) is 3.18. The van der Waals surface area contributed by atoms with Gasteiger partial charge in [0.05, 0.1) is 0 Å². The van der Waals surface area contributed by atoms with Crippen LogP contribution in [0.4, 0.5) is 0 Å². The van der Waals surface area contributed by atoms with Gasteiger partial charge < -0.3 is 10.1 Å². The van der Waals surface area contributed by atoms with Crippen LogP contribution in [0.5, 0.6) is 0 Å². The van der Waals surface area contributed by atoms with E-state index in [0.29, 0.717) is 0 Å². The van der Waals surface area contributed by atoms with Crippen LogP contribution in [0.3, 0.4) is 0 Å². The van der Waals surface area contributed by atoms with Gasteiger partial charge in [-0.3, -0.25) is 0 Å². The zero-order valence-electron chi connectivity index (χ0n) is 10.7. The molecule has 2 rings (SSSR count). The second-order valence-electron chi connectivity index (χ2n) is 4.88. The lowest BCUT2D eigenvalue weighted by atomic mass is 9.91. The summed E-state index contributed by atoms with van der Waals surface area (Å²) in [5.74, 6) is 0.719. The fourth-order valence-electron chi connectivity index (χ4n) is 2.51. The standard InChI is InChI=1S/C15H23NO/c1-17-11-3-4-13-6-8-14(9-7-13)15-5-2-10-16-12-15/h6-9,15-16H,2-5,10-12H2,1H3. The molecule has 1 aromatic rings. The van der Waals surface area contributed by atoms with Crippen LogP contribution >= 0.6 is 0 Å². The van der Waals surface area contributed by atoms with Crippen molar-refractivity contribution in [2.24, 2.45) is 0 Å². The largest absolute Gasteiger partial charge is 0.385 e. The molecule has 1 aliphatic rings. The van der Waals surface area contributed by atoms with Gasteiger partial charge in [0.15, 0.2) is 0 Å². The number of hydrogen-bond donors (Lipinski definition) is 1. The molecule has 1 atom stereocenters. The number of piperidine rings is 1. The average Bonchev–Trinajstić information content (AvgIpc) is 2.41. The Bertz CT molecular complexity index is 314. The smallest absolute Gasteiger partial charge is 0.0465 e. The number of aryl methyl sites for hydroxylation is 1. The molecule has 0 amide bonds. The van der Waals surface area contributed by atoms with Gasteiger partial charge in [0, 0.05) is 20.3 Å². The van der Waals surface area contributed by atoms with Crippen LogP contribution in [0.15, 0.2) is 24.3 Å². The zero-order valence-corrected chi connectivity index (χ0v) is 10.7. The highest BCUT2D eigenvalue weighted by Gasteiger charge is 2.14. The molecule has 1 saturated heterocycles. The van der Waals surface area contributed by atoms with E-state index in [2.05, 4.69) is 29.6 Å². The summed E-state index contributed by atoms with van der Waals surface area (Å²) in [7, 11) is 1.76. The highest BCUT2D eigenvalue weighted by Crippen LogP contribution is 2.23. The summed E-state index contributed by atoms with van der Waals surface area (Å²) in [6, 6.07) is 9.17. The number of hydrogen-bond acceptors (Lipinski definition) is 2. The van der Waals surface area contributed by atoms with Crippen molar-refractivity contribution in [1.29, 1.82) is 0 Å². The van der Waals surface area contributed by atoms with Gasteiger partial charge in [-0.2, -0.15) is 0 Å². The lowest BCUT2D eigenvalue weighted by Gasteiger charge is -2.23. The van der Waals surface area contributed by atoms with Crippen molar-refractivity contribution in [2.75, 3.05) is 26.8 Å². The Morgan fingerprint density at radius 1 is 1.29 bits per heavy atom. The fraction of sp³-hybridized carbons (Fsp3) is 0.600. The summed E-state index contributed by atoms with van der Waals surface area (Å²) < 4.78 is 5.07. The van der Waals surface area contributed by atoms with E-state index in [-0.39, 0.29) is 0 Å². The van der Waals surface area contributed by atoms with Crippen LogP contribution in [-0.4, -0.2) is 26.8 Å². The summed E-state index contributed by atoms with van der Waals surface area (Å²) in [4.78, 5) is 0. The molecule has 0 bridgehead atoms. The molecular weight excluding hydrogens is 210 g/mol. The van der Waals surface area contributed by atoms with E-state index in [1.54, 1.807) is 7.11 Å². The normalized spacial score (nSPS) is 20.4. The van der Waals surface area contributed by atoms with Gasteiger partial charge in [-0.15, -0.1) is 0 Å². The first-order chi connectivity index (χ1) is 8.40. The van der Waals surface area contributed by atoms with Crippen LogP contribution in [0.1, 0.15) is 36.3 Å². The third kappa shape index (κ3) is 3.83. The number of ether oxygens (including phenoxy) is 1. The predicted molar refractivity (Wildman–Crippen MR) is 71.5 cm³/mol. The summed E-state index contributed by atoms with van der Waals surface area (Å²) >= 11 is 0. The molecule has 2 nitrogen and oxygen atoms in total. The molecule has 2 heteroatoms. The Labute approximate surface area is 104 Å². The van der Waals surface area contributed by atoms with Crippen molar-refractivity contribution >= 4 is 0 Å². The molecule has 0 aliphatic carbocycles. The van der Waals surface area contributed by atoms with Crippen molar-refractivity contribution in [3.05, 3.63) is 35.4 Å². The third-order valence-corrected chi connectivity index (χ3v) is 3.56. The number of benzene rings is 1. The molecule has 1 fully saturated rings. The third-order valence-electron chi connectivity index (χ3n) is 3.56. The first kappa shape index (κ1) is 12.6. The Kier molecular flexibility index (Phi) is 5.02. The molecule has 1 aromatic carbocycles. The van der Waals surface area contributed by atoms with E-state index in [1.165, 1.54) is 30.5 Å². The minimum atomic E-state index is 0.719. The van der Waals surface area contributed by atoms with Gasteiger partial charge in [-0.25, -0.2) is 0 Å². The molecule has 1 aliphatic heterocycles. The lowest BCUT2D eigenvalue weighted by molar-refractivity contribution is 0.195. The van der Waals surface area contributed by atoms with E-state index in [4.69, 9.17) is 4.74 Å². The second kappa shape index (κ2) is 6.77. The minimum absolute atomic E-state index is 0.719. The first-order valence-corrected chi connectivity index (χ1v) is 6.68. The maximum Gasteiger partial charge on any atom is 0.0465 e. The van der Waals surface area contributed by atoms with Crippen LogP contribution in [0.25, 0.3) is 0 Å². The molecule has 1 N–H and O–H groups in total. The SMILES string of the molecule is COCCCc1ccc(C2CCCNC2)cc1. The number of methoxy groups -OCH3 is 1. The molecule has 0 radical (unpaired) electrons. The Balaban J connectivity index is 1.88. The lowest BCUT2D eigenvalue weighted by Crippen LogP contribution is -2.28. The number of nitrogens with one attached hydrogen (secondary N) is 1. The van der Waals surface area contributed by atoms with Gasteiger partial charge >= 0.3 is 0 Å². The van der Waals surface area contributed by atoms with E-state index < -0.39 is 0 Å². The molecule has 0 aromatic heterocycles. The highest BCUT2D eigenvalue weighted by atomic mass is 16.5.